The fraction of sp³-hybridized carbons (Fsp3) is 0.300. The number of carbonyl (C=O) groups is 1. The van der Waals surface area contributed by atoms with Crippen LogP contribution >= 0.6 is 0 Å². The van der Waals surface area contributed by atoms with Crippen molar-refractivity contribution in [3.8, 4) is 0 Å². The fourth-order valence-electron chi connectivity index (χ4n) is 1.69. The summed E-state index contributed by atoms with van der Waals surface area (Å²) in [6, 6.07) is 4.14. The molecule has 4 N–H and O–H groups in total. The average Bonchev–Trinajstić information content (AvgIpc) is 2.13. The molecule has 1 saturated heterocycles. The monoisotopic (exact) mass is 209 g/mol. The molecule has 1 heterocycles. The SMILES string of the molecule is NC(=O)c1cc(F)ccc1N1CC(N)C1. The maximum Gasteiger partial charge on any atom is 0.250 e. The van der Waals surface area contributed by atoms with E-state index in [1.165, 1.54) is 6.07 Å². The lowest BCUT2D eigenvalue weighted by molar-refractivity contribution is 0.1000. The summed E-state index contributed by atoms with van der Waals surface area (Å²) in [6.45, 7) is 1.35. The van der Waals surface area contributed by atoms with Gasteiger partial charge in [0, 0.05) is 24.8 Å². The number of benzene rings is 1. The van der Waals surface area contributed by atoms with E-state index in [9.17, 15) is 9.18 Å². The first-order valence-corrected chi connectivity index (χ1v) is 4.68. The first-order chi connectivity index (χ1) is 7.08. The predicted molar refractivity (Wildman–Crippen MR) is 55.1 cm³/mol. The third kappa shape index (κ3) is 1.78. The van der Waals surface area contributed by atoms with Gasteiger partial charge in [-0.25, -0.2) is 4.39 Å². The molecule has 0 aromatic heterocycles. The van der Waals surface area contributed by atoms with Crippen LogP contribution in [0.15, 0.2) is 18.2 Å². The van der Waals surface area contributed by atoms with Gasteiger partial charge in [0.1, 0.15) is 5.82 Å². The van der Waals surface area contributed by atoms with Crippen LogP contribution in [0.1, 0.15) is 10.4 Å². The van der Waals surface area contributed by atoms with Crippen molar-refractivity contribution < 1.29 is 9.18 Å². The molecule has 1 aliphatic rings. The molecule has 1 aliphatic heterocycles. The van der Waals surface area contributed by atoms with Crippen LogP contribution in [0.25, 0.3) is 0 Å². The van der Waals surface area contributed by atoms with Crippen LogP contribution in [0.5, 0.6) is 0 Å². The zero-order valence-corrected chi connectivity index (χ0v) is 8.11. The molecule has 0 unspecified atom stereocenters. The molecule has 0 atom stereocenters. The Morgan fingerprint density at radius 1 is 1.47 bits per heavy atom. The minimum Gasteiger partial charge on any atom is -0.368 e. The highest BCUT2D eigenvalue weighted by atomic mass is 19.1. The molecule has 1 fully saturated rings. The number of primary amides is 1. The summed E-state index contributed by atoms with van der Waals surface area (Å²) in [5, 5.41) is 0. The average molecular weight is 209 g/mol. The Hall–Kier alpha value is -1.62. The minimum atomic E-state index is -0.620. The highest BCUT2D eigenvalue weighted by Gasteiger charge is 2.26. The molecule has 80 valence electrons. The van der Waals surface area contributed by atoms with E-state index in [2.05, 4.69) is 0 Å². The Labute approximate surface area is 86.7 Å². The molecule has 5 heteroatoms. The van der Waals surface area contributed by atoms with Crippen LogP contribution in [0, 0.1) is 5.82 Å². The van der Waals surface area contributed by atoms with Crippen molar-refractivity contribution in [3.05, 3.63) is 29.6 Å². The van der Waals surface area contributed by atoms with E-state index in [1.54, 1.807) is 6.07 Å². The topological polar surface area (TPSA) is 72.4 Å². The molecule has 0 bridgehead atoms. The molecule has 0 radical (unpaired) electrons. The number of amides is 1. The van der Waals surface area contributed by atoms with E-state index in [1.807, 2.05) is 4.90 Å². The van der Waals surface area contributed by atoms with Crippen molar-refractivity contribution in [3.63, 3.8) is 0 Å². The highest BCUT2D eigenvalue weighted by molar-refractivity contribution is 5.98. The minimum absolute atomic E-state index is 0.121. The molecule has 1 aromatic rings. The van der Waals surface area contributed by atoms with E-state index in [0.717, 1.165) is 6.07 Å². The van der Waals surface area contributed by atoms with Gasteiger partial charge in [-0.05, 0) is 18.2 Å². The van der Waals surface area contributed by atoms with Crippen molar-refractivity contribution in [1.29, 1.82) is 0 Å². The van der Waals surface area contributed by atoms with Crippen LogP contribution in [0.3, 0.4) is 0 Å². The molecular weight excluding hydrogens is 197 g/mol. The maximum absolute atomic E-state index is 12.9. The number of hydrogen-bond acceptors (Lipinski definition) is 3. The van der Waals surface area contributed by atoms with Gasteiger partial charge in [-0.15, -0.1) is 0 Å². The quantitative estimate of drug-likeness (QED) is 0.724. The maximum atomic E-state index is 12.9. The van der Waals surface area contributed by atoms with E-state index >= 15 is 0 Å². The Balaban J connectivity index is 2.34. The number of nitrogens with two attached hydrogens (primary N) is 2. The van der Waals surface area contributed by atoms with Gasteiger partial charge in [0.25, 0.3) is 5.91 Å². The zero-order chi connectivity index (χ0) is 11.0. The number of rotatable bonds is 2. The van der Waals surface area contributed by atoms with Gasteiger partial charge in [-0.1, -0.05) is 0 Å². The van der Waals surface area contributed by atoms with E-state index < -0.39 is 11.7 Å². The highest BCUT2D eigenvalue weighted by Crippen LogP contribution is 2.25. The van der Waals surface area contributed by atoms with Gasteiger partial charge >= 0.3 is 0 Å². The van der Waals surface area contributed by atoms with Gasteiger partial charge in [0.15, 0.2) is 0 Å². The predicted octanol–water partition coefficient (Wildman–Crippen LogP) is 0.0719. The summed E-state index contributed by atoms with van der Waals surface area (Å²) in [5.74, 6) is -1.08. The van der Waals surface area contributed by atoms with Crippen molar-refractivity contribution in [1.82, 2.24) is 0 Å². The molecule has 0 saturated carbocycles. The summed E-state index contributed by atoms with van der Waals surface area (Å²) in [6.07, 6.45) is 0. The number of anilines is 1. The largest absolute Gasteiger partial charge is 0.368 e. The first kappa shape index (κ1) is 9.92. The van der Waals surface area contributed by atoms with Gasteiger partial charge in [0.2, 0.25) is 0 Å². The molecule has 15 heavy (non-hydrogen) atoms. The van der Waals surface area contributed by atoms with Crippen molar-refractivity contribution >= 4 is 11.6 Å². The summed E-state index contributed by atoms with van der Waals surface area (Å²) in [4.78, 5) is 13.0. The Kier molecular flexibility index (Phi) is 2.32. The van der Waals surface area contributed by atoms with Crippen molar-refractivity contribution in [2.24, 2.45) is 11.5 Å². The summed E-state index contributed by atoms with van der Waals surface area (Å²) in [7, 11) is 0. The van der Waals surface area contributed by atoms with Gasteiger partial charge in [-0.2, -0.15) is 0 Å². The molecular formula is C10H12FN3O. The van der Waals surface area contributed by atoms with Crippen LogP contribution < -0.4 is 16.4 Å². The lowest BCUT2D eigenvalue weighted by Gasteiger charge is -2.39. The lowest BCUT2D eigenvalue weighted by atomic mass is 10.0. The number of carbonyl (C=O) groups excluding carboxylic acids is 1. The smallest absolute Gasteiger partial charge is 0.250 e. The van der Waals surface area contributed by atoms with Crippen LogP contribution in [0.2, 0.25) is 0 Å². The van der Waals surface area contributed by atoms with Crippen LogP contribution in [-0.4, -0.2) is 25.0 Å². The molecule has 2 rings (SSSR count). The third-order valence-electron chi connectivity index (χ3n) is 2.47. The second-order valence-corrected chi connectivity index (χ2v) is 3.69. The van der Waals surface area contributed by atoms with E-state index in [-0.39, 0.29) is 11.6 Å². The third-order valence-corrected chi connectivity index (χ3v) is 2.47. The molecule has 4 nitrogen and oxygen atoms in total. The van der Waals surface area contributed by atoms with E-state index in [4.69, 9.17) is 11.5 Å². The van der Waals surface area contributed by atoms with E-state index in [0.29, 0.717) is 18.8 Å². The molecule has 1 aromatic carbocycles. The van der Waals surface area contributed by atoms with Crippen molar-refractivity contribution in [2.75, 3.05) is 18.0 Å². The Morgan fingerprint density at radius 3 is 2.67 bits per heavy atom. The normalized spacial score (nSPS) is 16.3. The lowest BCUT2D eigenvalue weighted by Crippen LogP contribution is -2.56. The van der Waals surface area contributed by atoms with Crippen LogP contribution in [0.4, 0.5) is 10.1 Å². The van der Waals surface area contributed by atoms with Gasteiger partial charge in [0.05, 0.1) is 5.56 Å². The van der Waals surface area contributed by atoms with Crippen LogP contribution in [-0.2, 0) is 0 Å². The summed E-state index contributed by atoms with van der Waals surface area (Å²) in [5.41, 5.74) is 11.7. The second-order valence-electron chi connectivity index (χ2n) is 3.69. The molecule has 0 aliphatic carbocycles. The first-order valence-electron chi connectivity index (χ1n) is 4.68. The van der Waals surface area contributed by atoms with Gasteiger partial charge in [-0.3, -0.25) is 4.79 Å². The zero-order valence-electron chi connectivity index (χ0n) is 8.11. The fourth-order valence-corrected chi connectivity index (χ4v) is 1.69. The van der Waals surface area contributed by atoms with Crippen molar-refractivity contribution in [2.45, 2.75) is 6.04 Å². The summed E-state index contributed by atoms with van der Waals surface area (Å²) >= 11 is 0. The number of hydrogen-bond donors (Lipinski definition) is 2. The standard InChI is InChI=1S/C10H12FN3O/c11-6-1-2-9(8(3-6)10(13)15)14-4-7(12)5-14/h1-3,7H,4-5,12H2,(H2,13,15). The molecule has 0 spiro atoms. The Bertz CT molecular complexity index is 402. The second kappa shape index (κ2) is 3.51. The molecule has 1 amide bonds. The number of nitrogens with zero attached hydrogens (tertiary/aromatic N) is 1. The summed E-state index contributed by atoms with van der Waals surface area (Å²) < 4.78 is 12.9. The number of halogens is 1. The van der Waals surface area contributed by atoms with Gasteiger partial charge < -0.3 is 16.4 Å². The Morgan fingerprint density at radius 2 is 2.13 bits per heavy atom.